The number of hydrogen-bond acceptors (Lipinski definition) is 1. The van der Waals surface area contributed by atoms with E-state index in [-0.39, 0.29) is 5.00 Å². The summed E-state index contributed by atoms with van der Waals surface area (Å²) in [5, 5.41) is 8.86. The van der Waals surface area contributed by atoms with Crippen molar-refractivity contribution in [3.63, 3.8) is 0 Å². The molecule has 0 radical (unpaired) electrons. The molecule has 2 heteroatoms. The van der Waals surface area contributed by atoms with E-state index in [1.807, 2.05) is 0 Å². The van der Waals surface area contributed by atoms with Gasteiger partial charge in [-0.2, -0.15) is 0 Å². The first-order valence-electron chi connectivity index (χ1n) is 6.13. The van der Waals surface area contributed by atoms with E-state index in [2.05, 4.69) is 22.9 Å². The van der Waals surface area contributed by atoms with Crippen molar-refractivity contribution in [1.82, 2.24) is 0 Å². The van der Waals surface area contributed by atoms with E-state index < -0.39 is 0 Å². The summed E-state index contributed by atoms with van der Waals surface area (Å²) in [6, 6.07) is 0. The standard InChI is InChI=1S/C12H26OSe/c1-2-3-4-5-6-7-8-9-10-11-12(13)14/h12-14H,2-11H2,1H3. The van der Waals surface area contributed by atoms with Crippen LogP contribution < -0.4 is 0 Å². The molecule has 0 fully saturated rings. The van der Waals surface area contributed by atoms with Crippen LogP contribution in [0.1, 0.15) is 71.1 Å². The molecular weight excluding hydrogens is 239 g/mol. The first-order chi connectivity index (χ1) is 6.77. The number of aliphatic hydroxyl groups is 1. The van der Waals surface area contributed by atoms with Gasteiger partial charge in [0.2, 0.25) is 0 Å². The van der Waals surface area contributed by atoms with Crippen molar-refractivity contribution in [1.29, 1.82) is 0 Å². The van der Waals surface area contributed by atoms with Gasteiger partial charge in [0.15, 0.2) is 0 Å². The summed E-state index contributed by atoms with van der Waals surface area (Å²) in [5.74, 6) is 0. The first-order valence-corrected chi connectivity index (χ1v) is 7.22. The van der Waals surface area contributed by atoms with E-state index in [1.165, 1.54) is 57.8 Å². The minimum absolute atomic E-state index is 0.160. The SMILES string of the molecule is CCCCCCCCCCCC(O)[SeH]. The molecule has 1 atom stereocenters. The third-order valence-electron chi connectivity index (χ3n) is 2.57. The van der Waals surface area contributed by atoms with Gasteiger partial charge in [-0.1, -0.05) is 0 Å². The van der Waals surface area contributed by atoms with Crippen LogP contribution in [-0.2, 0) is 0 Å². The molecule has 0 amide bonds. The molecule has 0 aliphatic heterocycles. The summed E-state index contributed by atoms with van der Waals surface area (Å²) in [4.78, 5) is 0. The molecule has 0 aromatic rings. The Kier molecular flexibility index (Phi) is 11.9. The fourth-order valence-electron chi connectivity index (χ4n) is 1.64. The van der Waals surface area contributed by atoms with Crippen LogP contribution in [0.25, 0.3) is 0 Å². The molecule has 0 aliphatic carbocycles. The molecule has 0 aromatic carbocycles. The van der Waals surface area contributed by atoms with Crippen LogP contribution in [0.5, 0.6) is 0 Å². The average molecular weight is 265 g/mol. The van der Waals surface area contributed by atoms with Crippen molar-refractivity contribution in [3.05, 3.63) is 0 Å². The molecule has 0 spiro atoms. The normalized spacial score (nSPS) is 13.1. The topological polar surface area (TPSA) is 20.2 Å². The average Bonchev–Trinajstić information content (AvgIpc) is 2.15. The zero-order valence-corrected chi connectivity index (χ0v) is 11.4. The van der Waals surface area contributed by atoms with Gasteiger partial charge in [-0.3, -0.25) is 0 Å². The maximum atomic E-state index is 9.02. The van der Waals surface area contributed by atoms with E-state index in [4.69, 9.17) is 5.11 Å². The molecule has 0 aromatic heterocycles. The Balaban J connectivity index is 2.85. The second-order valence-corrected chi connectivity index (χ2v) is 5.35. The van der Waals surface area contributed by atoms with Gasteiger partial charge in [0, 0.05) is 0 Å². The van der Waals surface area contributed by atoms with Crippen molar-refractivity contribution in [2.75, 3.05) is 0 Å². The fourth-order valence-corrected chi connectivity index (χ4v) is 2.02. The minimum atomic E-state index is -0.160. The molecular formula is C12H26OSe. The summed E-state index contributed by atoms with van der Waals surface area (Å²) >= 11 is 2.30. The Bertz CT molecular complexity index is 104. The van der Waals surface area contributed by atoms with Crippen molar-refractivity contribution in [2.45, 2.75) is 76.1 Å². The molecule has 0 saturated heterocycles. The third-order valence-corrected chi connectivity index (χ3v) is 3.11. The van der Waals surface area contributed by atoms with Crippen molar-refractivity contribution >= 4 is 16.0 Å². The zero-order chi connectivity index (χ0) is 10.6. The number of rotatable bonds is 10. The van der Waals surface area contributed by atoms with E-state index >= 15 is 0 Å². The number of unbranched alkanes of at least 4 members (excludes halogenated alkanes) is 8. The van der Waals surface area contributed by atoms with Crippen LogP contribution >= 0.6 is 0 Å². The Morgan fingerprint density at radius 1 is 0.857 bits per heavy atom. The van der Waals surface area contributed by atoms with Crippen LogP contribution in [0.2, 0.25) is 0 Å². The predicted molar refractivity (Wildman–Crippen MR) is 65.0 cm³/mol. The number of hydrogen-bond donors (Lipinski definition) is 1. The predicted octanol–water partition coefficient (Wildman–Crippen LogP) is 3.13. The van der Waals surface area contributed by atoms with Crippen LogP contribution in [0.3, 0.4) is 0 Å². The number of aliphatic hydroxyl groups excluding tert-OH is 1. The van der Waals surface area contributed by atoms with Crippen LogP contribution in [0.4, 0.5) is 0 Å². The Morgan fingerprint density at radius 2 is 1.29 bits per heavy atom. The summed E-state index contributed by atoms with van der Waals surface area (Å²) in [5.41, 5.74) is 0. The van der Waals surface area contributed by atoms with Gasteiger partial charge in [0.1, 0.15) is 0 Å². The summed E-state index contributed by atoms with van der Waals surface area (Å²) in [6.07, 6.45) is 13.2. The fraction of sp³-hybridized carbons (Fsp3) is 1.00. The van der Waals surface area contributed by atoms with Gasteiger partial charge < -0.3 is 0 Å². The summed E-state index contributed by atoms with van der Waals surface area (Å²) < 4.78 is 0. The Labute approximate surface area is 97.5 Å². The maximum absolute atomic E-state index is 9.02. The molecule has 0 heterocycles. The van der Waals surface area contributed by atoms with Crippen LogP contribution in [0, 0.1) is 0 Å². The molecule has 1 nitrogen and oxygen atoms in total. The molecule has 1 N–H and O–H groups in total. The van der Waals surface area contributed by atoms with Gasteiger partial charge in [0.25, 0.3) is 0 Å². The molecule has 14 heavy (non-hydrogen) atoms. The van der Waals surface area contributed by atoms with Gasteiger partial charge in [-0.15, -0.1) is 0 Å². The van der Waals surface area contributed by atoms with Gasteiger partial charge in [-0.05, 0) is 0 Å². The van der Waals surface area contributed by atoms with Gasteiger partial charge >= 0.3 is 97.3 Å². The van der Waals surface area contributed by atoms with Gasteiger partial charge in [-0.25, -0.2) is 0 Å². The Hall–Kier alpha value is 0.479. The monoisotopic (exact) mass is 266 g/mol. The molecule has 0 aliphatic rings. The molecule has 1 unspecified atom stereocenters. The van der Waals surface area contributed by atoms with E-state index in [1.54, 1.807) is 0 Å². The summed E-state index contributed by atoms with van der Waals surface area (Å²) in [6.45, 7) is 2.26. The van der Waals surface area contributed by atoms with E-state index in [0.29, 0.717) is 0 Å². The first kappa shape index (κ1) is 14.5. The quantitative estimate of drug-likeness (QED) is 0.475. The summed E-state index contributed by atoms with van der Waals surface area (Å²) in [7, 11) is 0. The van der Waals surface area contributed by atoms with Crippen molar-refractivity contribution in [3.8, 4) is 0 Å². The zero-order valence-electron chi connectivity index (χ0n) is 9.54. The second kappa shape index (κ2) is 11.6. The van der Waals surface area contributed by atoms with E-state index in [9.17, 15) is 0 Å². The van der Waals surface area contributed by atoms with Crippen molar-refractivity contribution < 1.29 is 5.11 Å². The molecule has 0 bridgehead atoms. The van der Waals surface area contributed by atoms with Crippen LogP contribution in [0.15, 0.2) is 0 Å². The second-order valence-electron chi connectivity index (χ2n) is 4.10. The Morgan fingerprint density at radius 3 is 1.71 bits per heavy atom. The molecule has 86 valence electrons. The molecule has 0 saturated carbocycles. The van der Waals surface area contributed by atoms with Gasteiger partial charge in [0.05, 0.1) is 0 Å². The third kappa shape index (κ3) is 12.5. The van der Waals surface area contributed by atoms with Crippen molar-refractivity contribution in [2.24, 2.45) is 0 Å². The van der Waals surface area contributed by atoms with Crippen LogP contribution in [-0.4, -0.2) is 26.1 Å². The van der Waals surface area contributed by atoms with E-state index in [0.717, 1.165) is 6.42 Å². The molecule has 0 rings (SSSR count).